The van der Waals surface area contributed by atoms with Gasteiger partial charge in [0.1, 0.15) is 36.5 Å². The van der Waals surface area contributed by atoms with Crippen LogP contribution in [-0.2, 0) is 37.2 Å². The van der Waals surface area contributed by atoms with Gasteiger partial charge in [0.25, 0.3) is 5.91 Å². The summed E-state index contributed by atoms with van der Waals surface area (Å²) in [6, 6.07) is 19.6. The largest absolute Gasteiger partial charge is 0.490 e. The third-order valence-corrected chi connectivity index (χ3v) is 12.0. The number of ether oxygens (including phenoxy) is 1. The van der Waals surface area contributed by atoms with Crippen LogP contribution in [0.5, 0.6) is 5.75 Å². The average molecular weight is 678 g/mol. The standard InChI is InChI=1S/C36H43N3O8S/c1-22-11-10-12-23(2)27(22)19-37-34(43)32-36(3,4)48(45,46)21-39(32)35(44)28(40)18-25(17-24-13-6-5-7-14-24)33(42)38-31-26-15-8-9-16-30(26)47-20-29(31)41/h5-16,25,28-29,31-32,40-41H,17-21H2,1-4H3,(H,37,43)(H,38,42)/t25?,28-,29+,31-,32+/m0/s1. The number of nitrogens with one attached hydrogen (secondary N) is 2. The number of para-hydroxylation sites is 1. The van der Waals surface area contributed by atoms with Crippen LogP contribution in [0.2, 0.25) is 0 Å². The van der Waals surface area contributed by atoms with Gasteiger partial charge in [-0.25, -0.2) is 8.42 Å². The van der Waals surface area contributed by atoms with Crippen molar-refractivity contribution in [3.05, 3.63) is 101 Å². The third kappa shape index (κ3) is 7.11. The van der Waals surface area contributed by atoms with Crippen molar-refractivity contribution in [2.24, 2.45) is 5.92 Å². The molecule has 3 amide bonds. The number of hydrogen-bond donors (Lipinski definition) is 4. The van der Waals surface area contributed by atoms with Gasteiger partial charge >= 0.3 is 0 Å². The number of fused-ring (bicyclic) bond motifs is 1. The van der Waals surface area contributed by atoms with Crippen LogP contribution in [0.25, 0.3) is 0 Å². The molecule has 5 rings (SSSR count). The van der Waals surface area contributed by atoms with Crippen LogP contribution in [0.15, 0.2) is 72.8 Å². The van der Waals surface area contributed by atoms with E-state index in [4.69, 9.17) is 4.74 Å². The van der Waals surface area contributed by atoms with Crippen molar-refractivity contribution in [2.45, 2.75) is 76.1 Å². The summed E-state index contributed by atoms with van der Waals surface area (Å²) >= 11 is 0. The molecule has 1 fully saturated rings. The first-order valence-corrected chi connectivity index (χ1v) is 17.6. The monoisotopic (exact) mass is 677 g/mol. The van der Waals surface area contributed by atoms with E-state index in [1.807, 2.05) is 62.4 Å². The number of rotatable bonds is 10. The lowest BCUT2D eigenvalue weighted by Gasteiger charge is -2.33. The van der Waals surface area contributed by atoms with Crippen molar-refractivity contribution in [1.82, 2.24) is 15.5 Å². The zero-order valence-electron chi connectivity index (χ0n) is 27.5. The van der Waals surface area contributed by atoms with E-state index in [-0.39, 0.29) is 26.0 Å². The van der Waals surface area contributed by atoms with Crippen LogP contribution in [0.1, 0.15) is 54.1 Å². The molecule has 11 nitrogen and oxygen atoms in total. The predicted molar refractivity (Wildman–Crippen MR) is 179 cm³/mol. The molecule has 2 aliphatic heterocycles. The fraction of sp³-hybridized carbons (Fsp3) is 0.417. The van der Waals surface area contributed by atoms with Gasteiger partial charge in [-0.2, -0.15) is 0 Å². The molecule has 2 aliphatic rings. The number of amides is 3. The number of aliphatic hydroxyl groups excluding tert-OH is 2. The van der Waals surface area contributed by atoms with Crippen LogP contribution in [0, 0.1) is 19.8 Å². The van der Waals surface area contributed by atoms with Crippen molar-refractivity contribution < 1.29 is 37.8 Å². The van der Waals surface area contributed by atoms with E-state index >= 15 is 0 Å². The van der Waals surface area contributed by atoms with E-state index in [0.717, 1.165) is 27.2 Å². The van der Waals surface area contributed by atoms with Gasteiger partial charge in [-0.05, 0) is 68.9 Å². The van der Waals surface area contributed by atoms with Crippen molar-refractivity contribution in [2.75, 3.05) is 12.5 Å². The average Bonchev–Trinajstić information content (AvgIpc) is 3.24. The number of carbonyl (C=O) groups is 3. The predicted octanol–water partition coefficient (Wildman–Crippen LogP) is 2.50. The van der Waals surface area contributed by atoms with Crippen molar-refractivity contribution in [3.8, 4) is 5.75 Å². The number of benzene rings is 3. The summed E-state index contributed by atoms with van der Waals surface area (Å²) in [7, 11) is -3.98. The fourth-order valence-electron chi connectivity index (χ4n) is 6.55. The van der Waals surface area contributed by atoms with Crippen LogP contribution >= 0.6 is 0 Å². The minimum Gasteiger partial charge on any atom is -0.490 e. The lowest BCUT2D eigenvalue weighted by atomic mass is 9.90. The summed E-state index contributed by atoms with van der Waals surface area (Å²) in [6.45, 7) is 6.72. The van der Waals surface area contributed by atoms with E-state index < -0.39 is 68.4 Å². The lowest BCUT2D eigenvalue weighted by molar-refractivity contribution is -0.147. The molecule has 3 aromatic rings. The molecule has 0 aliphatic carbocycles. The molecule has 4 N–H and O–H groups in total. The number of nitrogens with zero attached hydrogens (tertiary/aromatic N) is 1. The van der Waals surface area contributed by atoms with Gasteiger partial charge in [0.2, 0.25) is 11.8 Å². The maximum atomic E-state index is 13.9. The smallest absolute Gasteiger partial charge is 0.253 e. The molecule has 0 spiro atoms. The Morgan fingerprint density at radius 2 is 1.62 bits per heavy atom. The molecule has 3 aromatic carbocycles. The zero-order chi connectivity index (χ0) is 34.8. The highest BCUT2D eigenvalue weighted by molar-refractivity contribution is 7.93. The second kappa shape index (κ2) is 14.1. The minimum atomic E-state index is -3.98. The molecule has 0 bridgehead atoms. The number of aryl methyl sites for hydroxylation is 2. The van der Waals surface area contributed by atoms with Crippen molar-refractivity contribution in [3.63, 3.8) is 0 Å². The van der Waals surface area contributed by atoms with Gasteiger partial charge in [0, 0.05) is 18.0 Å². The zero-order valence-corrected chi connectivity index (χ0v) is 28.4. The van der Waals surface area contributed by atoms with Crippen molar-refractivity contribution in [1.29, 1.82) is 0 Å². The first-order valence-electron chi connectivity index (χ1n) is 16.0. The molecule has 12 heteroatoms. The van der Waals surface area contributed by atoms with Gasteiger partial charge in [0.15, 0.2) is 9.84 Å². The van der Waals surface area contributed by atoms with Gasteiger partial charge in [-0.1, -0.05) is 66.7 Å². The Hall–Kier alpha value is -4.26. The first-order chi connectivity index (χ1) is 22.7. The third-order valence-electron chi connectivity index (χ3n) is 9.53. The molecule has 0 saturated carbocycles. The van der Waals surface area contributed by atoms with Gasteiger partial charge < -0.3 is 30.5 Å². The molecule has 1 saturated heterocycles. The molecular weight excluding hydrogens is 634 g/mol. The summed E-state index contributed by atoms with van der Waals surface area (Å²) in [5.74, 6) is -3.30. The Bertz CT molecular complexity index is 1760. The maximum Gasteiger partial charge on any atom is 0.253 e. The Balaban J connectivity index is 1.37. The molecule has 0 radical (unpaired) electrons. The summed E-state index contributed by atoms with van der Waals surface area (Å²) < 4.78 is 30.5. The second-order valence-corrected chi connectivity index (χ2v) is 15.7. The highest BCUT2D eigenvalue weighted by Crippen LogP contribution is 2.36. The highest BCUT2D eigenvalue weighted by Gasteiger charge is 2.58. The first kappa shape index (κ1) is 35.1. The maximum absolute atomic E-state index is 13.9. The van der Waals surface area contributed by atoms with Crippen LogP contribution < -0.4 is 15.4 Å². The van der Waals surface area contributed by atoms with Crippen LogP contribution in [0.4, 0.5) is 0 Å². The van der Waals surface area contributed by atoms with Crippen molar-refractivity contribution >= 4 is 27.6 Å². The Labute approximate surface area is 281 Å². The molecule has 48 heavy (non-hydrogen) atoms. The normalized spacial score (nSPS) is 22.1. The molecule has 0 aromatic heterocycles. The molecule has 2 heterocycles. The number of sulfone groups is 1. The Morgan fingerprint density at radius 3 is 2.31 bits per heavy atom. The van der Waals surface area contributed by atoms with Gasteiger partial charge in [-0.15, -0.1) is 0 Å². The quantitative estimate of drug-likeness (QED) is 0.255. The summed E-state index contributed by atoms with van der Waals surface area (Å²) in [6.07, 6.45) is -3.03. The topological polar surface area (TPSA) is 162 Å². The summed E-state index contributed by atoms with van der Waals surface area (Å²) in [5.41, 5.74) is 4.17. The van der Waals surface area contributed by atoms with E-state index in [1.165, 1.54) is 13.8 Å². The molecule has 5 atom stereocenters. The van der Waals surface area contributed by atoms with Crippen LogP contribution in [-0.4, -0.2) is 76.7 Å². The Morgan fingerprint density at radius 1 is 0.979 bits per heavy atom. The highest BCUT2D eigenvalue weighted by atomic mass is 32.2. The van der Waals surface area contributed by atoms with Crippen LogP contribution in [0.3, 0.4) is 0 Å². The molecular formula is C36H43N3O8S. The molecule has 256 valence electrons. The summed E-state index contributed by atoms with van der Waals surface area (Å²) in [4.78, 5) is 42.3. The van der Waals surface area contributed by atoms with E-state index in [0.29, 0.717) is 11.3 Å². The molecule has 1 unspecified atom stereocenters. The van der Waals surface area contributed by atoms with E-state index in [9.17, 15) is 33.0 Å². The SMILES string of the molecule is Cc1cccc(C)c1CNC(=O)[C@H]1N(C(=O)[C@@H](O)CC(Cc2ccccc2)C(=O)N[C@H]2c3ccccc3OC[C@H]2O)CS(=O)(=O)C1(C)C. The summed E-state index contributed by atoms with van der Waals surface area (Å²) in [5, 5.41) is 27.8. The second-order valence-electron chi connectivity index (χ2n) is 13.2. The van der Waals surface area contributed by atoms with E-state index in [1.54, 1.807) is 24.3 Å². The Kier molecular flexibility index (Phi) is 10.3. The number of hydrogen-bond acceptors (Lipinski definition) is 8. The number of carbonyl (C=O) groups excluding carboxylic acids is 3. The lowest BCUT2D eigenvalue weighted by Crippen LogP contribution is -2.56. The minimum absolute atomic E-state index is 0.0293. The van der Waals surface area contributed by atoms with Gasteiger partial charge in [0.05, 0.1) is 10.8 Å². The number of aliphatic hydroxyl groups is 2. The van der Waals surface area contributed by atoms with E-state index in [2.05, 4.69) is 10.6 Å². The fourth-order valence-corrected chi connectivity index (χ4v) is 8.10. The van der Waals surface area contributed by atoms with Gasteiger partial charge in [-0.3, -0.25) is 14.4 Å².